The summed E-state index contributed by atoms with van der Waals surface area (Å²) in [6.07, 6.45) is 0. The first kappa shape index (κ1) is 21.4. The van der Waals surface area contributed by atoms with Crippen molar-refractivity contribution < 1.29 is 4.79 Å². The summed E-state index contributed by atoms with van der Waals surface area (Å²) in [6.45, 7) is 10.6. The third kappa shape index (κ3) is 4.82. The molecular formula is C22H25ClN4OS. The van der Waals surface area contributed by atoms with Crippen LogP contribution >= 0.6 is 23.4 Å². The summed E-state index contributed by atoms with van der Waals surface area (Å²) in [5.41, 5.74) is 4.85. The summed E-state index contributed by atoms with van der Waals surface area (Å²) in [5, 5.41) is 12.6. The number of hydrogen-bond acceptors (Lipinski definition) is 4. The molecule has 1 heterocycles. The Morgan fingerprint density at radius 2 is 1.93 bits per heavy atom. The van der Waals surface area contributed by atoms with Gasteiger partial charge in [-0.05, 0) is 57.9 Å². The first-order valence-corrected chi connectivity index (χ1v) is 10.8. The van der Waals surface area contributed by atoms with Gasteiger partial charge < -0.3 is 9.88 Å². The van der Waals surface area contributed by atoms with Crippen LogP contribution in [0.25, 0.3) is 11.4 Å². The number of aromatic nitrogens is 3. The maximum absolute atomic E-state index is 12.8. The van der Waals surface area contributed by atoms with Crippen LogP contribution < -0.4 is 5.32 Å². The van der Waals surface area contributed by atoms with Crippen LogP contribution in [-0.4, -0.2) is 25.9 Å². The van der Waals surface area contributed by atoms with Crippen LogP contribution in [0.15, 0.2) is 41.6 Å². The van der Waals surface area contributed by atoms with Crippen LogP contribution in [0, 0.1) is 20.8 Å². The molecule has 0 saturated carbocycles. The summed E-state index contributed by atoms with van der Waals surface area (Å²) < 4.78 is 2.04. The fourth-order valence-corrected chi connectivity index (χ4v) is 4.45. The minimum Gasteiger partial charge on any atom is -0.324 e. The van der Waals surface area contributed by atoms with Crippen LogP contribution in [0.5, 0.6) is 0 Å². The Balaban J connectivity index is 1.79. The molecular weight excluding hydrogens is 404 g/mol. The molecule has 0 aliphatic carbocycles. The van der Waals surface area contributed by atoms with E-state index in [0.29, 0.717) is 10.7 Å². The standard InChI is InChI=1S/C22H25ClN4OS/c1-6-27-20(17-9-7-8-13(2)11-17)25-26-22(27)29-16(5)21(28)24-19-15(4)10-14(3)12-18(19)23/h7-12,16H,6H2,1-5H3,(H,24,28). The highest BCUT2D eigenvalue weighted by Crippen LogP contribution is 2.30. The Bertz CT molecular complexity index is 1020. The quantitative estimate of drug-likeness (QED) is 0.514. The molecule has 1 N–H and O–H groups in total. The predicted octanol–water partition coefficient (Wildman–Crippen LogP) is 5.66. The number of anilines is 1. The van der Waals surface area contributed by atoms with Crippen molar-refractivity contribution in [2.75, 3.05) is 5.32 Å². The first-order chi connectivity index (χ1) is 13.8. The molecule has 0 saturated heterocycles. The van der Waals surface area contributed by atoms with Crippen molar-refractivity contribution in [2.45, 2.75) is 51.6 Å². The van der Waals surface area contributed by atoms with Gasteiger partial charge in [0.1, 0.15) is 0 Å². The van der Waals surface area contributed by atoms with Crippen molar-refractivity contribution in [3.05, 3.63) is 58.1 Å². The summed E-state index contributed by atoms with van der Waals surface area (Å²) in [7, 11) is 0. The van der Waals surface area contributed by atoms with Crippen molar-refractivity contribution in [3.63, 3.8) is 0 Å². The van der Waals surface area contributed by atoms with Gasteiger partial charge in [0.15, 0.2) is 11.0 Å². The number of rotatable bonds is 6. The second-order valence-corrected chi connectivity index (χ2v) is 8.82. The van der Waals surface area contributed by atoms with Crippen molar-refractivity contribution in [2.24, 2.45) is 0 Å². The fourth-order valence-electron chi connectivity index (χ4n) is 3.17. The molecule has 2 aromatic carbocycles. The molecule has 1 atom stereocenters. The molecule has 1 unspecified atom stereocenters. The van der Waals surface area contributed by atoms with Gasteiger partial charge in [0.25, 0.3) is 0 Å². The van der Waals surface area contributed by atoms with Crippen LogP contribution in [-0.2, 0) is 11.3 Å². The number of benzene rings is 2. The average molecular weight is 429 g/mol. The van der Waals surface area contributed by atoms with E-state index in [0.717, 1.165) is 34.2 Å². The highest BCUT2D eigenvalue weighted by Gasteiger charge is 2.21. The van der Waals surface area contributed by atoms with Gasteiger partial charge in [0.05, 0.1) is 16.0 Å². The van der Waals surface area contributed by atoms with E-state index < -0.39 is 0 Å². The van der Waals surface area contributed by atoms with E-state index in [1.165, 1.54) is 17.3 Å². The highest BCUT2D eigenvalue weighted by molar-refractivity contribution is 8.00. The van der Waals surface area contributed by atoms with Crippen molar-refractivity contribution in [1.82, 2.24) is 14.8 Å². The number of hydrogen-bond donors (Lipinski definition) is 1. The van der Waals surface area contributed by atoms with Gasteiger partial charge in [-0.1, -0.05) is 53.2 Å². The zero-order chi connectivity index (χ0) is 21.1. The third-order valence-electron chi connectivity index (χ3n) is 4.64. The van der Waals surface area contributed by atoms with Gasteiger partial charge in [-0.2, -0.15) is 0 Å². The number of aryl methyl sites for hydroxylation is 3. The van der Waals surface area contributed by atoms with E-state index in [4.69, 9.17) is 11.6 Å². The van der Waals surface area contributed by atoms with Crippen molar-refractivity contribution in [3.8, 4) is 11.4 Å². The Morgan fingerprint density at radius 1 is 1.17 bits per heavy atom. The summed E-state index contributed by atoms with van der Waals surface area (Å²) >= 11 is 7.72. The zero-order valence-corrected chi connectivity index (χ0v) is 18.9. The molecule has 1 aromatic heterocycles. The zero-order valence-electron chi connectivity index (χ0n) is 17.3. The molecule has 0 bridgehead atoms. The maximum atomic E-state index is 12.8. The van der Waals surface area contributed by atoms with E-state index in [9.17, 15) is 4.79 Å². The molecule has 0 spiro atoms. The van der Waals surface area contributed by atoms with Gasteiger partial charge in [-0.15, -0.1) is 10.2 Å². The predicted molar refractivity (Wildman–Crippen MR) is 121 cm³/mol. The van der Waals surface area contributed by atoms with Gasteiger partial charge in [0.2, 0.25) is 5.91 Å². The smallest absolute Gasteiger partial charge is 0.237 e. The van der Waals surface area contributed by atoms with Gasteiger partial charge in [-0.3, -0.25) is 4.79 Å². The SMILES string of the molecule is CCn1c(SC(C)C(=O)Nc2c(C)cc(C)cc2Cl)nnc1-c1cccc(C)c1. The molecule has 152 valence electrons. The molecule has 3 aromatic rings. The monoisotopic (exact) mass is 428 g/mol. The van der Waals surface area contributed by atoms with E-state index in [-0.39, 0.29) is 11.2 Å². The lowest BCUT2D eigenvalue weighted by Gasteiger charge is -2.15. The number of carbonyl (C=O) groups is 1. The number of nitrogens with one attached hydrogen (secondary N) is 1. The molecule has 0 aliphatic rings. The molecule has 1 amide bonds. The van der Waals surface area contributed by atoms with Crippen LogP contribution in [0.2, 0.25) is 5.02 Å². The number of thioether (sulfide) groups is 1. The number of carbonyl (C=O) groups excluding carboxylic acids is 1. The van der Waals surface area contributed by atoms with E-state index in [2.05, 4.69) is 34.6 Å². The Morgan fingerprint density at radius 3 is 2.59 bits per heavy atom. The summed E-state index contributed by atoms with van der Waals surface area (Å²) in [4.78, 5) is 12.8. The second kappa shape index (κ2) is 9.01. The normalized spacial score (nSPS) is 12.1. The maximum Gasteiger partial charge on any atom is 0.237 e. The molecule has 0 radical (unpaired) electrons. The van der Waals surface area contributed by atoms with Gasteiger partial charge in [-0.25, -0.2) is 0 Å². The average Bonchev–Trinajstić information content (AvgIpc) is 3.06. The Labute approximate surface area is 180 Å². The molecule has 5 nitrogen and oxygen atoms in total. The minimum absolute atomic E-state index is 0.119. The van der Waals surface area contributed by atoms with E-state index in [1.54, 1.807) is 0 Å². The molecule has 7 heteroatoms. The summed E-state index contributed by atoms with van der Waals surface area (Å²) in [6, 6.07) is 12.0. The highest BCUT2D eigenvalue weighted by atomic mass is 35.5. The number of amides is 1. The van der Waals surface area contributed by atoms with Crippen LogP contribution in [0.4, 0.5) is 5.69 Å². The minimum atomic E-state index is -0.355. The van der Waals surface area contributed by atoms with Crippen molar-refractivity contribution in [1.29, 1.82) is 0 Å². The Hall–Kier alpha value is -2.31. The molecule has 29 heavy (non-hydrogen) atoms. The van der Waals surface area contributed by atoms with E-state index in [1.807, 2.05) is 56.5 Å². The van der Waals surface area contributed by atoms with Gasteiger partial charge in [0, 0.05) is 12.1 Å². The first-order valence-electron chi connectivity index (χ1n) is 9.54. The lowest BCUT2D eigenvalue weighted by molar-refractivity contribution is -0.115. The van der Waals surface area contributed by atoms with Crippen LogP contribution in [0.3, 0.4) is 0 Å². The van der Waals surface area contributed by atoms with E-state index >= 15 is 0 Å². The third-order valence-corrected chi connectivity index (χ3v) is 6.02. The number of halogens is 1. The molecule has 0 aliphatic heterocycles. The largest absolute Gasteiger partial charge is 0.324 e. The second-order valence-electron chi connectivity index (χ2n) is 7.11. The summed E-state index contributed by atoms with van der Waals surface area (Å²) in [5.74, 6) is 0.690. The van der Waals surface area contributed by atoms with Crippen molar-refractivity contribution >= 4 is 35.0 Å². The molecule has 3 rings (SSSR count). The molecule has 0 fully saturated rings. The Kier molecular flexibility index (Phi) is 6.65. The topological polar surface area (TPSA) is 59.8 Å². The number of nitrogens with zero attached hydrogens (tertiary/aromatic N) is 3. The lowest BCUT2D eigenvalue weighted by atomic mass is 10.1. The van der Waals surface area contributed by atoms with Gasteiger partial charge >= 0.3 is 0 Å². The van der Waals surface area contributed by atoms with Crippen LogP contribution in [0.1, 0.15) is 30.5 Å². The fraction of sp³-hybridized carbons (Fsp3) is 0.318. The lowest BCUT2D eigenvalue weighted by Crippen LogP contribution is -2.23.